The van der Waals surface area contributed by atoms with E-state index in [9.17, 15) is 0 Å². The van der Waals surface area contributed by atoms with Gasteiger partial charge >= 0.3 is 0 Å². The Balaban J connectivity index is 1.02. The number of hydrogen-bond acceptors (Lipinski definition) is 1. The molecule has 1 aromatic heterocycles. The van der Waals surface area contributed by atoms with Crippen molar-refractivity contribution in [3.05, 3.63) is 208 Å². The van der Waals surface area contributed by atoms with Crippen LogP contribution in [0.4, 0.5) is 17.1 Å². The minimum absolute atomic E-state index is 0.0686. The molecule has 0 saturated heterocycles. The summed E-state index contributed by atoms with van der Waals surface area (Å²) < 4.78 is 2.47. The summed E-state index contributed by atoms with van der Waals surface area (Å²) in [6.45, 7) is 9.48. The van der Waals surface area contributed by atoms with Gasteiger partial charge in [0.2, 0.25) is 0 Å². The normalized spacial score (nSPS) is 15.4. The summed E-state index contributed by atoms with van der Waals surface area (Å²) in [5.41, 5.74) is 19.3. The molecule has 2 nitrogen and oxygen atoms in total. The Labute approximate surface area is 335 Å². The molecule has 3 aliphatic rings. The van der Waals surface area contributed by atoms with Crippen LogP contribution in [0.1, 0.15) is 56.4 Å². The first kappa shape index (κ1) is 33.7. The van der Waals surface area contributed by atoms with Crippen molar-refractivity contribution in [1.29, 1.82) is 0 Å². The predicted octanol–water partition coefficient (Wildman–Crippen LogP) is 12.8. The first-order valence-electron chi connectivity index (χ1n) is 20.2. The number of allylic oxidation sites excluding steroid dienone is 2. The summed E-state index contributed by atoms with van der Waals surface area (Å²) in [7, 11) is 0. The largest absolute Gasteiger partial charge is 0.310 e. The van der Waals surface area contributed by atoms with Crippen molar-refractivity contribution in [1.82, 2.24) is 4.57 Å². The van der Waals surface area contributed by atoms with Gasteiger partial charge in [0.15, 0.2) is 0 Å². The maximum Gasteiger partial charge on any atom is 0.0541 e. The Bertz CT molecular complexity index is 3070. The molecule has 0 N–H and O–H groups in total. The second-order valence-corrected chi connectivity index (χ2v) is 16.9. The van der Waals surface area contributed by atoms with Crippen molar-refractivity contribution in [3.63, 3.8) is 0 Å². The van der Waals surface area contributed by atoms with E-state index in [2.05, 4.69) is 219 Å². The highest BCUT2D eigenvalue weighted by atomic mass is 15.1. The van der Waals surface area contributed by atoms with Gasteiger partial charge in [-0.1, -0.05) is 143 Å². The summed E-state index contributed by atoms with van der Waals surface area (Å²) in [6.07, 6.45) is 5.88. The first-order chi connectivity index (χ1) is 27.8. The fourth-order valence-electron chi connectivity index (χ4n) is 10.2. The fourth-order valence-corrected chi connectivity index (χ4v) is 10.2. The Hall–Kier alpha value is -6.64. The SMILES string of the molecule is CC1(C)C2=C(CC=c3c(n(-c4ccccc4)c4ccc(-c5ccc(N(c6ccccc6)c6ccc7c(c6)C(C)(C)c6ccccc6-7)cc5)cc34)=C2)c2ccccc21. The van der Waals surface area contributed by atoms with Gasteiger partial charge in [0.1, 0.15) is 0 Å². The van der Waals surface area contributed by atoms with Gasteiger partial charge < -0.3 is 9.47 Å². The van der Waals surface area contributed by atoms with E-state index in [1.807, 2.05) is 0 Å². The summed E-state index contributed by atoms with van der Waals surface area (Å²) in [5.74, 6) is 0. The van der Waals surface area contributed by atoms with Crippen molar-refractivity contribution < 1.29 is 0 Å². The van der Waals surface area contributed by atoms with Crippen LogP contribution in [0.5, 0.6) is 0 Å². The molecule has 0 aliphatic heterocycles. The Morgan fingerprint density at radius 2 is 1.09 bits per heavy atom. The average molecular weight is 733 g/mol. The zero-order chi connectivity index (χ0) is 38.5. The van der Waals surface area contributed by atoms with E-state index in [1.54, 1.807) is 0 Å². The van der Waals surface area contributed by atoms with Crippen LogP contribution in [-0.4, -0.2) is 4.57 Å². The van der Waals surface area contributed by atoms with Crippen molar-refractivity contribution in [3.8, 4) is 27.9 Å². The number of para-hydroxylation sites is 2. The third-order valence-electron chi connectivity index (χ3n) is 13.1. The molecule has 7 aromatic carbocycles. The molecule has 0 bridgehead atoms. The second kappa shape index (κ2) is 12.4. The molecule has 0 spiro atoms. The fraction of sp³-hybridized carbons (Fsp3) is 0.127. The number of anilines is 3. The number of aromatic nitrogens is 1. The lowest BCUT2D eigenvalue weighted by Crippen LogP contribution is -2.29. The highest BCUT2D eigenvalue weighted by Crippen LogP contribution is 2.51. The molecule has 0 amide bonds. The van der Waals surface area contributed by atoms with Gasteiger partial charge in [-0.2, -0.15) is 0 Å². The highest BCUT2D eigenvalue weighted by Gasteiger charge is 2.37. The lowest BCUT2D eigenvalue weighted by Gasteiger charge is -2.28. The number of nitrogens with zero attached hydrogens (tertiary/aromatic N) is 2. The molecule has 1 heterocycles. The standard InChI is InChI=1S/C55H44N2/c1-54(2)48-21-13-11-19-42(48)44-29-28-41(34-50(44)54)56(38-15-7-5-8-16-38)40-26-23-36(24-27-40)37-25-32-52-47(33-37)46-31-30-45-43-20-12-14-22-49(43)55(3,4)51(45)35-53(46)57(52)39-17-9-6-10-18-39/h5-29,31-35H,30H2,1-4H3. The van der Waals surface area contributed by atoms with Gasteiger partial charge in [-0.05, 0) is 129 Å². The molecule has 0 atom stereocenters. The van der Waals surface area contributed by atoms with Crippen LogP contribution < -0.4 is 15.5 Å². The molecule has 274 valence electrons. The van der Waals surface area contributed by atoms with E-state index in [0.29, 0.717) is 0 Å². The third-order valence-corrected chi connectivity index (χ3v) is 13.1. The second-order valence-electron chi connectivity index (χ2n) is 16.9. The molecule has 11 rings (SSSR count). The van der Waals surface area contributed by atoms with E-state index in [4.69, 9.17) is 0 Å². The zero-order valence-corrected chi connectivity index (χ0v) is 32.9. The molecule has 2 heteroatoms. The van der Waals surface area contributed by atoms with E-state index in [-0.39, 0.29) is 10.8 Å². The van der Waals surface area contributed by atoms with Crippen LogP contribution in [0.15, 0.2) is 175 Å². The minimum atomic E-state index is -0.0729. The topological polar surface area (TPSA) is 8.17 Å². The average Bonchev–Trinajstić information content (AvgIpc) is 3.68. The Morgan fingerprint density at radius 3 is 1.84 bits per heavy atom. The molecule has 0 unspecified atom stereocenters. The van der Waals surface area contributed by atoms with Crippen LogP contribution >= 0.6 is 0 Å². The monoisotopic (exact) mass is 732 g/mol. The number of benzene rings is 7. The highest BCUT2D eigenvalue weighted by molar-refractivity contribution is 5.94. The van der Waals surface area contributed by atoms with E-state index < -0.39 is 0 Å². The lowest BCUT2D eigenvalue weighted by molar-refractivity contribution is 0.660. The van der Waals surface area contributed by atoms with Gasteiger partial charge in [-0.15, -0.1) is 0 Å². The van der Waals surface area contributed by atoms with Crippen molar-refractivity contribution in [2.75, 3.05) is 4.90 Å². The molecule has 3 aliphatic carbocycles. The summed E-state index contributed by atoms with van der Waals surface area (Å²) in [4.78, 5) is 2.39. The molecule has 0 fully saturated rings. The summed E-state index contributed by atoms with van der Waals surface area (Å²) in [6, 6.07) is 62.7. The van der Waals surface area contributed by atoms with Gasteiger partial charge in [0, 0.05) is 44.2 Å². The van der Waals surface area contributed by atoms with E-state index in [1.165, 1.54) is 82.8 Å². The van der Waals surface area contributed by atoms with E-state index in [0.717, 1.165) is 23.5 Å². The van der Waals surface area contributed by atoms with Gasteiger partial charge in [0.05, 0.1) is 10.9 Å². The predicted molar refractivity (Wildman–Crippen MR) is 240 cm³/mol. The van der Waals surface area contributed by atoms with Gasteiger partial charge in [-0.3, -0.25) is 0 Å². The maximum atomic E-state index is 2.49. The van der Waals surface area contributed by atoms with Crippen LogP contribution in [0.2, 0.25) is 0 Å². The van der Waals surface area contributed by atoms with Crippen molar-refractivity contribution >= 4 is 45.7 Å². The van der Waals surface area contributed by atoms with Crippen LogP contribution in [-0.2, 0) is 10.8 Å². The minimum Gasteiger partial charge on any atom is -0.310 e. The molecule has 57 heavy (non-hydrogen) atoms. The molecule has 8 aromatic rings. The van der Waals surface area contributed by atoms with Crippen LogP contribution in [0.25, 0.3) is 56.6 Å². The molecular weight excluding hydrogens is 689 g/mol. The Morgan fingerprint density at radius 1 is 0.491 bits per heavy atom. The molecular formula is C55H44N2. The maximum absolute atomic E-state index is 2.49. The van der Waals surface area contributed by atoms with Crippen molar-refractivity contribution in [2.45, 2.75) is 44.9 Å². The van der Waals surface area contributed by atoms with Gasteiger partial charge in [0.25, 0.3) is 0 Å². The van der Waals surface area contributed by atoms with Crippen LogP contribution in [0, 0.1) is 0 Å². The first-order valence-corrected chi connectivity index (χ1v) is 20.2. The van der Waals surface area contributed by atoms with Gasteiger partial charge in [-0.25, -0.2) is 0 Å². The zero-order valence-electron chi connectivity index (χ0n) is 32.9. The molecule has 0 saturated carbocycles. The summed E-state index contributed by atoms with van der Waals surface area (Å²) >= 11 is 0. The van der Waals surface area contributed by atoms with Crippen molar-refractivity contribution in [2.24, 2.45) is 0 Å². The quantitative estimate of drug-likeness (QED) is 0.171. The third kappa shape index (κ3) is 5.03. The summed E-state index contributed by atoms with van der Waals surface area (Å²) in [5, 5.41) is 3.85. The van der Waals surface area contributed by atoms with E-state index >= 15 is 0 Å². The lowest BCUT2D eigenvalue weighted by atomic mass is 9.81. The number of fused-ring (bicyclic) bond motifs is 8. The Kier molecular flexibility index (Phi) is 7.35. The smallest absolute Gasteiger partial charge is 0.0541 e. The number of rotatable bonds is 5. The molecule has 0 radical (unpaired) electrons. The number of hydrogen-bond donors (Lipinski definition) is 0. The van der Waals surface area contributed by atoms with Crippen LogP contribution in [0.3, 0.4) is 0 Å².